The zero-order chi connectivity index (χ0) is 13.0. The Hall–Kier alpha value is -0.240. The first-order chi connectivity index (χ1) is 6.92. The molecule has 1 aliphatic heterocycles. The van der Waals surface area contributed by atoms with Crippen molar-refractivity contribution >= 4 is 0 Å². The molecule has 0 aromatic rings. The number of aliphatic hydroxyl groups is 5. The maximum absolute atomic E-state index is 10.2. The lowest BCUT2D eigenvalue weighted by Gasteiger charge is -2.59. The summed E-state index contributed by atoms with van der Waals surface area (Å²) < 4.78 is 5.12. The van der Waals surface area contributed by atoms with Crippen LogP contribution in [-0.4, -0.2) is 60.8 Å². The Morgan fingerprint density at radius 3 is 1.88 bits per heavy atom. The van der Waals surface area contributed by atoms with Crippen LogP contribution in [0.25, 0.3) is 0 Å². The molecular weight excluding hydrogens is 216 g/mol. The number of rotatable bonds is 1. The molecule has 0 aromatic heterocycles. The molecule has 6 heteroatoms. The maximum atomic E-state index is 10.2. The number of hydrogen-bond acceptors (Lipinski definition) is 6. The monoisotopic (exact) mass is 236 g/mol. The summed E-state index contributed by atoms with van der Waals surface area (Å²) in [4.78, 5) is 0. The number of hydrogen-bond donors (Lipinski definition) is 5. The third-order valence-electron chi connectivity index (χ3n) is 3.79. The van der Waals surface area contributed by atoms with Crippen molar-refractivity contribution < 1.29 is 30.3 Å². The molecule has 0 bridgehead atoms. The summed E-state index contributed by atoms with van der Waals surface area (Å²) in [5.41, 5.74) is -5.53. The van der Waals surface area contributed by atoms with Gasteiger partial charge in [-0.2, -0.15) is 0 Å². The fourth-order valence-electron chi connectivity index (χ4n) is 2.12. The standard InChI is InChI=1S/C10H20O6/c1-7(5-11)10(4,15)8(2,13)6(12)9(3,14)16-7/h6,11-15H,5H2,1-4H3/t6?,7?,8?,9-,10+/m0/s1. The van der Waals surface area contributed by atoms with Crippen LogP contribution in [0.3, 0.4) is 0 Å². The Morgan fingerprint density at radius 2 is 1.50 bits per heavy atom. The van der Waals surface area contributed by atoms with Crippen LogP contribution in [0.2, 0.25) is 0 Å². The first-order valence-corrected chi connectivity index (χ1v) is 5.08. The van der Waals surface area contributed by atoms with Crippen molar-refractivity contribution in [2.45, 2.75) is 56.4 Å². The van der Waals surface area contributed by atoms with Crippen LogP contribution in [0, 0.1) is 0 Å². The molecule has 0 amide bonds. The summed E-state index contributed by atoms with van der Waals surface area (Å²) in [7, 11) is 0. The van der Waals surface area contributed by atoms with Crippen molar-refractivity contribution in [3.63, 3.8) is 0 Å². The molecule has 5 N–H and O–H groups in total. The van der Waals surface area contributed by atoms with Crippen molar-refractivity contribution in [2.75, 3.05) is 6.61 Å². The van der Waals surface area contributed by atoms with Gasteiger partial charge < -0.3 is 30.3 Å². The lowest BCUT2D eigenvalue weighted by Crippen LogP contribution is -2.79. The summed E-state index contributed by atoms with van der Waals surface area (Å²) in [5, 5.41) is 49.2. The van der Waals surface area contributed by atoms with Crippen LogP contribution in [-0.2, 0) is 4.74 Å². The molecule has 16 heavy (non-hydrogen) atoms. The fraction of sp³-hybridized carbons (Fsp3) is 1.00. The molecule has 1 heterocycles. The Morgan fingerprint density at radius 1 is 1.06 bits per heavy atom. The summed E-state index contributed by atoms with van der Waals surface area (Å²) in [5.74, 6) is -2.05. The average molecular weight is 236 g/mol. The minimum Gasteiger partial charge on any atom is -0.393 e. The summed E-state index contributed by atoms with van der Waals surface area (Å²) in [6.45, 7) is 4.32. The molecule has 1 rings (SSSR count). The topological polar surface area (TPSA) is 110 Å². The Labute approximate surface area is 94.1 Å². The van der Waals surface area contributed by atoms with E-state index >= 15 is 0 Å². The van der Waals surface area contributed by atoms with E-state index in [2.05, 4.69) is 0 Å². The third-order valence-corrected chi connectivity index (χ3v) is 3.79. The molecule has 0 aliphatic carbocycles. The lowest BCUT2D eigenvalue weighted by molar-refractivity contribution is -0.419. The van der Waals surface area contributed by atoms with Gasteiger partial charge in [0.15, 0.2) is 5.79 Å². The van der Waals surface area contributed by atoms with E-state index in [1.807, 2.05) is 0 Å². The average Bonchev–Trinajstić information content (AvgIpc) is 2.13. The minimum atomic E-state index is -2.05. The van der Waals surface area contributed by atoms with E-state index in [9.17, 15) is 25.5 Å². The molecule has 96 valence electrons. The molecule has 1 fully saturated rings. The van der Waals surface area contributed by atoms with Crippen LogP contribution in [0.4, 0.5) is 0 Å². The van der Waals surface area contributed by atoms with E-state index in [1.54, 1.807) is 0 Å². The second-order valence-electron chi connectivity index (χ2n) is 5.17. The van der Waals surface area contributed by atoms with Crippen LogP contribution in [0.1, 0.15) is 27.7 Å². The van der Waals surface area contributed by atoms with Gasteiger partial charge in [-0.05, 0) is 27.7 Å². The summed E-state index contributed by atoms with van der Waals surface area (Å²) >= 11 is 0. The third kappa shape index (κ3) is 1.49. The zero-order valence-electron chi connectivity index (χ0n) is 9.93. The maximum Gasteiger partial charge on any atom is 0.192 e. The van der Waals surface area contributed by atoms with Crippen LogP contribution in [0.5, 0.6) is 0 Å². The first-order valence-electron chi connectivity index (χ1n) is 5.08. The van der Waals surface area contributed by atoms with Crippen molar-refractivity contribution in [3.8, 4) is 0 Å². The summed E-state index contributed by atoms with van der Waals surface area (Å²) in [6.07, 6.45) is -1.70. The van der Waals surface area contributed by atoms with Crippen LogP contribution >= 0.6 is 0 Å². The molecule has 1 aliphatic rings. The van der Waals surface area contributed by atoms with E-state index in [0.29, 0.717) is 0 Å². The smallest absolute Gasteiger partial charge is 0.192 e. The van der Waals surface area contributed by atoms with Gasteiger partial charge in [0.25, 0.3) is 0 Å². The molecule has 6 nitrogen and oxygen atoms in total. The minimum absolute atomic E-state index is 0.612. The Kier molecular flexibility index (Phi) is 2.92. The van der Waals surface area contributed by atoms with Gasteiger partial charge in [-0.15, -0.1) is 0 Å². The number of aliphatic hydroxyl groups excluding tert-OH is 2. The van der Waals surface area contributed by atoms with Crippen LogP contribution in [0.15, 0.2) is 0 Å². The van der Waals surface area contributed by atoms with E-state index in [-0.39, 0.29) is 0 Å². The molecule has 0 radical (unpaired) electrons. The highest BCUT2D eigenvalue weighted by atomic mass is 16.7. The molecular formula is C10H20O6. The molecule has 3 unspecified atom stereocenters. The lowest BCUT2D eigenvalue weighted by atomic mass is 9.67. The molecule has 0 saturated carbocycles. The van der Waals surface area contributed by atoms with E-state index < -0.39 is 35.3 Å². The molecule has 5 atom stereocenters. The van der Waals surface area contributed by atoms with Gasteiger partial charge in [-0.3, -0.25) is 0 Å². The molecule has 1 saturated heterocycles. The SMILES string of the molecule is CC1(CO)O[C@](C)(O)C(O)C(C)(O)[C@]1(C)O. The molecule has 0 aromatic carbocycles. The predicted octanol–water partition coefficient (Wildman–Crippen LogP) is -1.66. The zero-order valence-corrected chi connectivity index (χ0v) is 9.93. The largest absolute Gasteiger partial charge is 0.393 e. The first kappa shape index (κ1) is 13.8. The molecule has 0 spiro atoms. The second kappa shape index (κ2) is 3.38. The van der Waals surface area contributed by atoms with E-state index in [0.717, 1.165) is 6.92 Å². The fourth-order valence-corrected chi connectivity index (χ4v) is 2.12. The van der Waals surface area contributed by atoms with Crippen molar-refractivity contribution in [1.82, 2.24) is 0 Å². The Bertz CT molecular complexity index is 278. The number of ether oxygens (including phenoxy) is 1. The van der Waals surface area contributed by atoms with Gasteiger partial charge in [-0.25, -0.2) is 0 Å². The van der Waals surface area contributed by atoms with Crippen LogP contribution < -0.4 is 0 Å². The van der Waals surface area contributed by atoms with Gasteiger partial charge in [-0.1, -0.05) is 0 Å². The van der Waals surface area contributed by atoms with Gasteiger partial charge in [0.1, 0.15) is 22.9 Å². The Balaban J connectivity index is 3.31. The van der Waals surface area contributed by atoms with Gasteiger partial charge in [0.05, 0.1) is 6.61 Å². The predicted molar refractivity (Wildman–Crippen MR) is 54.5 cm³/mol. The van der Waals surface area contributed by atoms with Gasteiger partial charge in [0.2, 0.25) is 0 Å². The van der Waals surface area contributed by atoms with Gasteiger partial charge in [0, 0.05) is 0 Å². The van der Waals surface area contributed by atoms with Gasteiger partial charge >= 0.3 is 0 Å². The second-order valence-corrected chi connectivity index (χ2v) is 5.17. The highest BCUT2D eigenvalue weighted by Gasteiger charge is 2.68. The quantitative estimate of drug-likeness (QED) is 0.373. The highest BCUT2D eigenvalue weighted by Crippen LogP contribution is 2.46. The van der Waals surface area contributed by atoms with Crippen molar-refractivity contribution in [3.05, 3.63) is 0 Å². The van der Waals surface area contributed by atoms with E-state index in [4.69, 9.17) is 4.74 Å². The van der Waals surface area contributed by atoms with Crippen molar-refractivity contribution in [1.29, 1.82) is 0 Å². The van der Waals surface area contributed by atoms with Crippen molar-refractivity contribution in [2.24, 2.45) is 0 Å². The van der Waals surface area contributed by atoms with E-state index in [1.165, 1.54) is 20.8 Å². The normalized spacial score (nSPS) is 58.7. The highest BCUT2D eigenvalue weighted by molar-refractivity contribution is 5.15. The summed E-state index contributed by atoms with van der Waals surface area (Å²) in [6, 6.07) is 0.